The second-order valence-electron chi connectivity index (χ2n) is 19.4. The first-order valence-corrected chi connectivity index (χ1v) is 24.4. The number of hydrogen-bond donors (Lipinski definition) is 0. The summed E-state index contributed by atoms with van der Waals surface area (Å²) in [5.41, 5.74) is 20.2. The zero-order valence-corrected chi connectivity index (χ0v) is 40.4. The number of rotatable bonds is 10. The van der Waals surface area contributed by atoms with E-state index in [4.69, 9.17) is 8.83 Å². The van der Waals surface area contributed by atoms with Crippen LogP contribution >= 0.6 is 0 Å². The van der Waals surface area contributed by atoms with Gasteiger partial charge in [-0.3, -0.25) is 0 Å². The molecule has 12 aromatic rings. The van der Waals surface area contributed by atoms with Crippen molar-refractivity contribution in [2.45, 2.75) is 81.1 Å². The first-order valence-electron chi connectivity index (χ1n) is 24.4. The van der Waals surface area contributed by atoms with Gasteiger partial charge < -0.3 is 18.6 Å². The number of fused-ring (bicyclic) bond motifs is 6. The van der Waals surface area contributed by atoms with Crippen LogP contribution in [0.25, 0.3) is 76.2 Å². The van der Waals surface area contributed by atoms with Gasteiger partial charge in [0.25, 0.3) is 0 Å². The lowest BCUT2D eigenvalue weighted by Crippen LogP contribution is -2.14. The summed E-state index contributed by atoms with van der Waals surface area (Å²) in [5, 5.41) is 12.2. The molecule has 0 fully saturated rings. The maximum Gasteiger partial charge on any atom is 0.159 e. The molecule has 0 unspecified atom stereocenters. The molecule has 0 aliphatic heterocycles. The van der Waals surface area contributed by atoms with Gasteiger partial charge in [-0.15, -0.1) is 0 Å². The third-order valence-corrected chi connectivity index (χ3v) is 14.4. The molecule has 4 heteroatoms. The highest BCUT2D eigenvalue weighted by Crippen LogP contribution is 2.53. The number of furan rings is 2. The molecule has 12 rings (SSSR count). The third kappa shape index (κ3) is 6.48. The second kappa shape index (κ2) is 16.1. The van der Waals surface area contributed by atoms with E-state index in [9.17, 15) is 0 Å². The lowest BCUT2D eigenvalue weighted by molar-refractivity contribution is 0.668. The van der Waals surface area contributed by atoms with Crippen LogP contribution in [-0.4, -0.2) is 0 Å². The summed E-state index contributed by atoms with van der Waals surface area (Å²) in [6, 6.07) is 54.5. The summed E-state index contributed by atoms with van der Waals surface area (Å²) in [6.45, 7) is 17.8. The molecule has 0 radical (unpaired) electrons. The molecule has 0 N–H and O–H groups in total. The zero-order chi connectivity index (χ0) is 46.5. The smallest absolute Gasteiger partial charge is 0.159 e. The van der Waals surface area contributed by atoms with E-state index in [0.29, 0.717) is 0 Å². The molecule has 0 saturated carbocycles. The van der Waals surface area contributed by atoms with E-state index in [0.717, 1.165) is 104 Å². The lowest BCUT2D eigenvalue weighted by Gasteiger charge is -2.32. The van der Waals surface area contributed by atoms with Crippen molar-refractivity contribution in [1.82, 2.24) is 0 Å². The summed E-state index contributed by atoms with van der Waals surface area (Å²) in [5.74, 6) is 0. The Bertz CT molecular complexity index is 3720. The maximum atomic E-state index is 6.95. The predicted molar refractivity (Wildman–Crippen MR) is 290 cm³/mol. The van der Waals surface area contributed by atoms with Gasteiger partial charge in [-0.25, -0.2) is 0 Å². The molecule has 2 aromatic heterocycles. The molecular formula is C64H56N2O2. The molecular weight excluding hydrogens is 829 g/mol. The van der Waals surface area contributed by atoms with Crippen LogP contribution in [0.4, 0.5) is 34.1 Å². The minimum Gasteiger partial charge on any atom is -0.454 e. The first kappa shape index (κ1) is 41.8. The van der Waals surface area contributed by atoms with Crippen molar-refractivity contribution in [3.8, 4) is 0 Å². The van der Waals surface area contributed by atoms with Crippen molar-refractivity contribution >= 4 is 110 Å². The van der Waals surface area contributed by atoms with Crippen LogP contribution in [0, 0.1) is 41.5 Å². The highest BCUT2D eigenvalue weighted by molar-refractivity contribution is 6.30. The maximum absolute atomic E-state index is 6.95. The first-order chi connectivity index (χ1) is 33.1. The fourth-order valence-corrected chi connectivity index (χ4v) is 11.4. The molecule has 0 bridgehead atoms. The van der Waals surface area contributed by atoms with Gasteiger partial charge in [0, 0.05) is 43.7 Å². The average molecular weight is 885 g/mol. The molecule has 2 heterocycles. The van der Waals surface area contributed by atoms with Gasteiger partial charge in [-0.2, -0.15) is 0 Å². The van der Waals surface area contributed by atoms with E-state index in [1.165, 1.54) is 76.8 Å². The quantitative estimate of drug-likeness (QED) is 0.128. The molecule has 0 aliphatic rings. The highest BCUT2D eigenvalue weighted by Gasteiger charge is 2.29. The Morgan fingerprint density at radius 1 is 0.338 bits per heavy atom. The summed E-state index contributed by atoms with van der Waals surface area (Å²) in [4.78, 5) is 5.01. The minimum absolute atomic E-state index is 0.897. The van der Waals surface area contributed by atoms with E-state index >= 15 is 0 Å². The Kier molecular flexibility index (Phi) is 9.88. The largest absolute Gasteiger partial charge is 0.454 e. The fourth-order valence-electron chi connectivity index (χ4n) is 11.4. The van der Waals surface area contributed by atoms with Gasteiger partial charge in [-0.1, -0.05) is 111 Å². The van der Waals surface area contributed by atoms with Gasteiger partial charge in [0.05, 0.1) is 22.7 Å². The molecule has 0 spiro atoms. The molecule has 0 atom stereocenters. The second-order valence-corrected chi connectivity index (χ2v) is 19.4. The van der Waals surface area contributed by atoms with Gasteiger partial charge in [0.15, 0.2) is 11.2 Å². The molecule has 10 aromatic carbocycles. The number of nitrogens with zero attached hydrogens (tertiary/aromatic N) is 2. The number of hydrogen-bond acceptors (Lipinski definition) is 4. The molecule has 4 nitrogen and oxygen atoms in total. The molecule has 0 saturated heterocycles. The molecule has 0 amide bonds. The number of benzene rings is 10. The Balaban J connectivity index is 1.22. The third-order valence-electron chi connectivity index (χ3n) is 14.4. The Morgan fingerprint density at radius 3 is 1.15 bits per heavy atom. The van der Waals surface area contributed by atoms with Gasteiger partial charge in [0.2, 0.25) is 0 Å². The summed E-state index contributed by atoms with van der Waals surface area (Å²) >= 11 is 0. The van der Waals surface area contributed by atoms with Crippen LogP contribution in [0.2, 0.25) is 0 Å². The topological polar surface area (TPSA) is 32.8 Å². The SMILES string of the molecule is CCCc1cc(N(c2ccccc2C)c2cc(C)cc3c2oc2ccc(C)cc23)c2ccc3c(CCC)cc(N(c4ccccc4C)c4cc(C)cc5c4oc4ccc(C)cc45)c4ccc1c2c34. The lowest BCUT2D eigenvalue weighted by atomic mass is 9.86. The summed E-state index contributed by atoms with van der Waals surface area (Å²) in [7, 11) is 0. The normalized spacial score (nSPS) is 12.1. The fraction of sp³-hybridized carbons (Fsp3) is 0.188. The Hall–Kier alpha value is -7.56. The molecule has 68 heavy (non-hydrogen) atoms. The van der Waals surface area contributed by atoms with Crippen LogP contribution in [-0.2, 0) is 12.8 Å². The van der Waals surface area contributed by atoms with Gasteiger partial charge >= 0.3 is 0 Å². The van der Waals surface area contributed by atoms with E-state index < -0.39 is 0 Å². The van der Waals surface area contributed by atoms with Crippen LogP contribution in [0.15, 0.2) is 154 Å². The van der Waals surface area contributed by atoms with E-state index in [1.54, 1.807) is 0 Å². The molecule has 0 aliphatic carbocycles. The van der Waals surface area contributed by atoms with Crippen LogP contribution in [0.5, 0.6) is 0 Å². The van der Waals surface area contributed by atoms with Crippen LogP contribution < -0.4 is 9.80 Å². The van der Waals surface area contributed by atoms with Crippen molar-refractivity contribution in [2.75, 3.05) is 9.80 Å². The van der Waals surface area contributed by atoms with Crippen molar-refractivity contribution in [3.63, 3.8) is 0 Å². The van der Waals surface area contributed by atoms with E-state index in [2.05, 4.69) is 211 Å². The standard InChI is InChI=1S/C64H56N2O2/c1-9-15-43-35-55(65(53-19-13-11-17-41(53)7)57-33-39(5)31-51-49-29-37(3)21-27-59(49)67-63(51)57)47-26-24-46-44(16-10-2)36-56(48-25-23-45(43)61(47)62(46)48)66(54-20-14-12-18-42(54)8)58-34-40(6)32-52-50-30-38(4)22-28-60(50)68-64(52)58/h11-14,17-36H,9-10,15-16H2,1-8H3. The minimum atomic E-state index is 0.897. The Morgan fingerprint density at radius 2 is 0.735 bits per heavy atom. The Labute approximate surface area is 398 Å². The zero-order valence-electron chi connectivity index (χ0n) is 40.4. The van der Waals surface area contributed by atoms with E-state index in [1.807, 2.05) is 0 Å². The van der Waals surface area contributed by atoms with Crippen molar-refractivity contribution in [3.05, 3.63) is 190 Å². The molecule has 334 valence electrons. The summed E-state index contributed by atoms with van der Waals surface area (Å²) < 4.78 is 13.9. The summed E-state index contributed by atoms with van der Waals surface area (Å²) in [6.07, 6.45) is 3.96. The van der Waals surface area contributed by atoms with Crippen molar-refractivity contribution in [2.24, 2.45) is 0 Å². The monoisotopic (exact) mass is 884 g/mol. The van der Waals surface area contributed by atoms with Crippen LogP contribution in [0.3, 0.4) is 0 Å². The number of aryl methyl sites for hydroxylation is 8. The predicted octanol–water partition coefficient (Wildman–Crippen LogP) is 19.1. The van der Waals surface area contributed by atoms with Gasteiger partial charge in [0.1, 0.15) is 11.2 Å². The number of para-hydroxylation sites is 2. The van der Waals surface area contributed by atoms with Crippen LogP contribution in [0.1, 0.15) is 71.2 Å². The highest BCUT2D eigenvalue weighted by atomic mass is 16.3. The van der Waals surface area contributed by atoms with E-state index in [-0.39, 0.29) is 0 Å². The average Bonchev–Trinajstić information content (AvgIpc) is 3.88. The van der Waals surface area contributed by atoms with Gasteiger partial charge in [-0.05, 0) is 182 Å². The van der Waals surface area contributed by atoms with Crippen molar-refractivity contribution in [1.29, 1.82) is 0 Å². The van der Waals surface area contributed by atoms with Crippen molar-refractivity contribution < 1.29 is 8.83 Å². The number of anilines is 6.